The molecule has 3 N–H and O–H groups in total. The van der Waals surface area contributed by atoms with Gasteiger partial charge in [0.15, 0.2) is 0 Å². The first-order valence-corrected chi connectivity index (χ1v) is 9.48. The van der Waals surface area contributed by atoms with Gasteiger partial charge in [0.1, 0.15) is 0 Å². The number of carbonyl (C=O) groups excluding carboxylic acids is 1. The number of nitrogens with two attached hydrogens (primary N) is 1. The van der Waals surface area contributed by atoms with Crippen molar-refractivity contribution in [1.82, 2.24) is 5.32 Å². The van der Waals surface area contributed by atoms with E-state index in [9.17, 15) is 4.79 Å². The summed E-state index contributed by atoms with van der Waals surface area (Å²) in [4.78, 5) is 11.2. The van der Waals surface area contributed by atoms with Crippen LogP contribution in [0, 0.1) is 5.92 Å². The predicted molar refractivity (Wildman–Crippen MR) is 105 cm³/mol. The summed E-state index contributed by atoms with van der Waals surface area (Å²) in [6.07, 6.45) is 3.58. The molecule has 0 spiro atoms. The van der Waals surface area contributed by atoms with Crippen LogP contribution in [0.25, 0.3) is 11.1 Å². The topological polar surface area (TPSA) is 64.4 Å². The molecule has 1 fully saturated rings. The van der Waals surface area contributed by atoms with Gasteiger partial charge in [-0.2, -0.15) is 0 Å². The number of halogens is 1. The van der Waals surface area contributed by atoms with Gasteiger partial charge in [0.05, 0.1) is 0 Å². The van der Waals surface area contributed by atoms with Crippen molar-refractivity contribution in [3.05, 3.63) is 58.6 Å². The second kappa shape index (κ2) is 9.17. The number of nitrogens with one attached hydrogen (secondary N) is 1. The summed E-state index contributed by atoms with van der Waals surface area (Å²) in [5, 5.41) is 4.05. The monoisotopic (exact) mass is 372 g/mol. The molecular formula is C21H25ClN2O2. The fourth-order valence-electron chi connectivity index (χ4n) is 3.28. The number of hydrogen-bond donors (Lipinski definition) is 2. The van der Waals surface area contributed by atoms with E-state index in [-0.39, 0.29) is 0 Å². The maximum Gasteiger partial charge on any atom is 0.248 e. The molecule has 138 valence electrons. The summed E-state index contributed by atoms with van der Waals surface area (Å²) in [7, 11) is 0. The van der Waals surface area contributed by atoms with Gasteiger partial charge >= 0.3 is 0 Å². The van der Waals surface area contributed by atoms with Crippen molar-refractivity contribution >= 4 is 17.5 Å². The minimum absolute atomic E-state index is 0.420. The van der Waals surface area contributed by atoms with Gasteiger partial charge in [-0.15, -0.1) is 0 Å². The zero-order chi connectivity index (χ0) is 18.4. The Labute approximate surface area is 159 Å². The fourth-order valence-corrected chi connectivity index (χ4v) is 3.57. The van der Waals surface area contributed by atoms with Crippen LogP contribution < -0.4 is 11.1 Å². The Morgan fingerprint density at radius 1 is 1.15 bits per heavy atom. The number of ether oxygens (including phenoxy) is 1. The molecule has 1 amide bonds. The first kappa shape index (κ1) is 18.9. The highest BCUT2D eigenvalue weighted by Crippen LogP contribution is 2.29. The van der Waals surface area contributed by atoms with Crippen molar-refractivity contribution in [3.8, 4) is 11.1 Å². The van der Waals surface area contributed by atoms with E-state index in [2.05, 4.69) is 29.6 Å². The van der Waals surface area contributed by atoms with Gasteiger partial charge in [0.2, 0.25) is 5.91 Å². The molecular weight excluding hydrogens is 348 g/mol. The zero-order valence-electron chi connectivity index (χ0n) is 14.8. The van der Waals surface area contributed by atoms with Gasteiger partial charge in [0, 0.05) is 35.9 Å². The highest BCUT2D eigenvalue weighted by atomic mass is 35.5. The van der Waals surface area contributed by atoms with Crippen LogP contribution in [0.1, 0.15) is 35.2 Å². The molecule has 3 rings (SSSR count). The zero-order valence-corrected chi connectivity index (χ0v) is 15.6. The molecule has 2 aromatic rings. The van der Waals surface area contributed by atoms with Crippen molar-refractivity contribution in [2.45, 2.75) is 25.8 Å². The van der Waals surface area contributed by atoms with Crippen LogP contribution in [0.15, 0.2) is 42.5 Å². The highest BCUT2D eigenvalue weighted by molar-refractivity contribution is 6.33. The van der Waals surface area contributed by atoms with Gasteiger partial charge in [-0.1, -0.05) is 41.9 Å². The van der Waals surface area contributed by atoms with Crippen LogP contribution in [-0.4, -0.2) is 25.7 Å². The van der Waals surface area contributed by atoms with E-state index in [0.717, 1.165) is 43.3 Å². The number of hydrogen-bond acceptors (Lipinski definition) is 3. The van der Waals surface area contributed by atoms with E-state index < -0.39 is 5.91 Å². The molecule has 4 nitrogen and oxygen atoms in total. The number of benzene rings is 2. The lowest BCUT2D eigenvalue weighted by atomic mass is 9.96. The molecule has 0 unspecified atom stereocenters. The highest BCUT2D eigenvalue weighted by Gasteiger charge is 2.13. The average Bonchev–Trinajstić information content (AvgIpc) is 2.66. The number of carbonyl (C=O) groups is 1. The minimum Gasteiger partial charge on any atom is -0.381 e. The quantitative estimate of drug-likeness (QED) is 0.721. The summed E-state index contributed by atoms with van der Waals surface area (Å²) in [5.41, 5.74) is 8.87. The molecule has 0 bridgehead atoms. The van der Waals surface area contributed by atoms with E-state index in [1.54, 1.807) is 12.1 Å². The summed E-state index contributed by atoms with van der Waals surface area (Å²) in [5.74, 6) is 0.324. The molecule has 0 saturated carbocycles. The van der Waals surface area contributed by atoms with Crippen LogP contribution in [0.3, 0.4) is 0 Å². The minimum atomic E-state index is -0.472. The molecule has 26 heavy (non-hydrogen) atoms. The number of amides is 1. The summed E-state index contributed by atoms with van der Waals surface area (Å²) in [6.45, 7) is 3.72. The van der Waals surface area contributed by atoms with E-state index in [0.29, 0.717) is 10.6 Å². The maximum absolute atomic E-state index is 11.2. The van der Waals surface area contributed by atoms with Crippen molar-refractivity contribution in [1.29, 1.82) is 0 Å². The molecule has 0 atom stereocenters. The van der Waals surface area contributed by atoms with Crippen molar-refractivity contribution < 1.29 is 9.53 Å². The largest absolute Gasteiger partial charge is 0.381 e. The van der Waals surface area contributed by atoms with Crippen LogP contribution in [0.5, 0.6) is 0 Å². The standard InChI is InChI=1S/C21H25ClN2O2/c22-20-13-18(21(23)25)5-6-19(20)17-3-1-16(2-4-17)14-24-10-7-15-8-11-26-12-9-15/h1-6,13,15,24H,7-12,14H2,(H2,23,25). The van der Waals surface area contributed by atoms with Gasteiger partial charge in [-0.25, -0.2) is 0 Å². The molecule has 0 aromatic heterocycles. The smallest absolute Gasteiger partial charge is 0.248 e. The van der Waals surface area contributed by atoms with Crippen LogP contribution in [0.4, 0.5) is 0 Å². The lowest BCUT2D eigenvalue weighted by molar-refractivity contribution is 0.0639. The predicted octanol–water partition coefficient (Wildman–Crippen LogP) is 4.01. The second-order valence-corrected chi connectivity index (χ2v) is 7.18. The summed E-state index contributed by atoms with van der Waals surface area (Å²) in [6, 6.07) is 13.5. The average molecular weight is 373 g/mol. The van der Waals surface area contributed by atoms with Gasteiger partial charge in [-0.05, 0) is 55.0 Å². The Morgan fingerprint density at radius 3 is 2.54 bits per heavy atom. The lowest BCUT2D eigenvalue weighted by Crippen LogP contribution is -2.22. The van der Waals surface area contributed by atoms with Gasteiger partial charge in [-0.3, -0.25) is 4.79 Å². The third kappa shape index (κ3) is 5.07. The molecule has 1 aliphatic heterocycles. The van der Waals surface area contributed by atoms with Gasteiger partial charge < -0.3 is 15.8 Å². The first-order chi connectivity index (χ1) is 12.6. The third-order valence-corrected chi connectivity index (χ3v) is 5.23. The van der Waals surface area contributed by atoms with E-state index in [1.807, 2.05) is 6.07 Å². The second-order valence-electron chi connectivity index (χ2n) is 6.78. The Bertz CT molecular complexity index is 740. The molecule has 5 heteroatoms. The Hall–Kier alpha value is -1.88. The van der Waals surface area contributed by atoms with Crippen molar-refractivity contribution in [2.24, 2.45) is 11.7 Å². The first-order valence-electron chi connectivity index (χ1n) is 9.10. The summed E-state index contributed by atoms with van der Waals surface area (Å²) < 4.78 is 5.40. The van der Waals surface area contributed by atoms with E-state index in [4.69, 9.17) is 22.1 Å². The Balaban J connectivity index is 1.52. The van der Waals surface area contributed by atoms with Gasteiger partial charge in [0.25, 0.3) is 0 Å². The Kier molecular flexibility index (Phi) is 6.67. The Morgan fingerprint density at radius 2 is 1.88 bits per heavy atom. The SMILES string of the molecule is NC(=O)c1ccc(-c2ccc(CNCCC3CCOCC3)cc2)c(Cl)c1. The summed E-state index contributed by atoms with van der Waals surface area (Å²) >= 11 is 6.29. The van der Waals surface area contributed by atoms with E-state index >= 15 is 0 Å². The number of rotatable bonds is 7. The molecule has 1 aliphatic rings. The molecule has 0 aliphatic carbocycles. The maximum atomic E-state index is 11.2. The van der Waals surface area contributed by atoms with Crippen molar-refractivity contribution in [3.63, 3.8) is 0 Å². The van der Waals surface area contributed by atoms with E-state index in [1.165, 1.54) is 24.8 Å². The molecule has 2 aromatic carbocycles. The third-order valence-electron chi connectivity index (χ3n) is 4.92. The van der Waals surface area contributed by atoms with Crippen LogP contribution in [0.2, 0.25) is 5.02 Å². The van der Waals surface area contributed by atoms with Crippen LogP contribution >= 0.6 is 11.6 Å². The van der Waals surface area contributed by atoms with Crippen molar-refractivity contribution in [2.75, 3.05) is 19.8 Å². The molecule has 0 radical (unpaired) electrons. The normalized spacial score (nSPS) is 15.1. The fraction of sp³-hybridized carbons (Fsp3) is 0.381. The molecule has 1 saturated heterocycles. The molecule has 1 heterocycles. The van der Waals surface area contributed by atoms with Crippen LogP contribution in [-0.2, 0) is 11.3 Å². The number of primary amides is 1. The lowest BCUT2D eigenvalue weighted by Gasteiger charge is -2.21.